The molecule has 0 saturated heterocycles. The number of carbonyl (C=O) groups is 1. The van der Waals surface area contributed by atoms with E-state index in [4.69, 9.17) is 5.73 Å². The Morgan fingerprint density at radius 3 is 2.43 bits per heavy atom. The Kier molecular flexibility index (Phi) is 5.73. The molecule has 4 aromatic rings. The number of fused-ring (bicyclic) bond motifs is 2. The summed E-state index contributed by atoms with van der Waals surface area (Å²) >= 11 is 0. The summed E-state index contributed by atoms with van der Waals surface area (Å²) in [5.74, 6) is -0.475. The molecule has 178 valence electrons. The van der Waals surface area contributed by atoms with Gasteiger partial charge in [0, 0.05) is 30.6 Å². The van der Waals surface area contributed by atoms with E-state index in [2.05, 4.69) is 36.1 Å². The first-order valence-corrected chi connectivity index (χ1v) is 11.6. The van der Waals surface area contributed by atoms with Gasteiger partial charge in [-0.25, -0.2) is 14.4 Å². The highest BCUT2D eigenvalue weighted by Gasteiger charge is 2.27. The molecule has 7 heteroatoms. The first-order chi connectivity index (χ1) is 16.7. The second-order valence-electron chi connectivity index (χ2n) is 10.00. The number of nitrogen functional groups attached to an aromatic ring is 1. The Balaban J connectivity index is 1.56. The van der Waals surface area contributed by atoms with Gasteiger partial charge < -0.3 is 16.0 Å². The molecule has 3 aromatic carbocycles. The number of halogens is 1. The molecule has 0 aliphatic carbocycles. The largest absolute Gasteiger partial charge is 0.368 e. The van der Waals surface area contributed by atoms with Crippen LogP contribution in [0.2, 0.25) is 0 Å². The average molecular weight is 470 g/mol. The lowest BCUT2D eigenvalue weighted by atomic mass is 9.96. The predicted octanol–water partition coefficient (Wildman–Crippen LogP) is 5.06. The van der Waals surface area contributed by atoms with Crippen molar-refractivity contribution in [2.45, 2.75) is 45.9 Å². The van der Waals surface area contributed by atoms with Crippen molar-refractivity contribution in [3.05, 3.63) is 88.9 Å². The molecular weight excluding hydrogens is 441 g/mol. The van der Waals surface area contributed by atoms with Crippen molar-refractivity contribution in [1.29, 1.82) is 0 Å². The van der Waals surface area contributed by atoms with Crippen molar-refractivity contribution in [2.24, 2.45) is 0 Å². The number of carbonyl (C=O) groups excluding carboxylic acids is 1. The van der Waals surface area contributed by atoms with E-state index in [0.717, 1.165) is 27.8 Å². The minimum atomic E-state index is -0.320. The highest BCUT2D eigenvalue weighted by atomic mass is 19.1. The van der Waals surface area contributed by atoms with Crippen molar-refractivity contribution in [2.75, 3.05) is 5.73 Å². The van der Waals surface area contributed by atoms with Crippen LogP contribution in [-0.4, -0.2) is 26.3 Å². The minimum Gasteiger partial charge on any atom is -0.368 e. The Morgan fingerprint density at radius 2 is 1.74 bits per heavy atom. The van der Waals surface area contributed by atoms with Crippen LogP contribution < -0.4 is 11.1 Å². The van der Waals surface area contributed by atoms with Crippen LogP contribution in [0.15, 0.2) is 60.7 Å². The summed E-state index contributed by atoms with van der Waals surface area (Å²) in [4.78, 5) is 24.0. The van der Waals surface area contributed by atoms with Gasteiger partial charge in [-0.2, -0.15) is 0 Å². The molecule has 1 aliphatic rings. The number of rotatable bonds is 4. The first-order valence-electron chi connectivity index (χ1n) is 11.6. The third-order valence-corrected chi connectivity index (χ3v) is 6.24. The van der Waals surface area contributed by atoms with Crippen molar-refractivity contribution >= 4 is 22.8 Å². The summed E-state index contributed by atoms with van der Waals surface area (Å²) in [6.07, 6.45) is 0. The molecule has 3 N–H and O–H groups in total. The van der Waals surface area contributed by atoms with Crippen LogP contribution in [0.4, 0.5) is 10.3 Å². The van der Waals surface area contributed by atoms with Gasteiger partial charge in [0.2, 0.25) is 5.95 Å². The number of anilines is 1. The zero-order valence-corrected chi connectivity index (χ0v) is 20.1. The summed E-state index contributed by atoms with van der Waals surface area (Å²) in [6, 6.07) is 18.3. The van der Waals surface area contributed by atoms with Crippen LogP contribution in [0.3, 0.4) is 0 Å². The van der Waals surface area contributed by atoms with Gasteiger partial charge in [-0.15, -0.1) is 0 Å². The third-order valence-electron chi connectivity index (χ3n) is 6.24. The number of amides is 1. The second kappa shape index (κ2) is 8.74. The predicted molar refractivity (Wildman–Crippen MR) is 136 cm³/mol. The molecule has 0 bridgehead atoms. The topological polar surface area (TPSA) is 84.1 Å². The van der Waals surface area contributed by atoms with Gasteiger partial charge in [-0.3, -0.25) is 4.79 Å². The molecule has 0 radical (unpaired) electrons. The summed E-state index contributed by atoms with van der Waals surface area (Å²) in [5, 5.41) is 4.06. The van der Waals surface area contributed by atoms with Crippen LogP contribution in [0.5, 0.6) is 0 Å². The van der Waals surface area contributed by atoms with E-state index in [1.807, 2.05) is 42.5 Å². The van der Waals surface area contributed by atoms with Gasteiger partial charge in [0.25, 0.3) is 5.91 Å². The summed E-state index contributed by atoms with van der Waals surface area (Å²) in [7, 11) is 0. The van der Waals surface area contributed by atoms with E-state index in [9.17, 15) is 9.18 Å². The van der Waals surface area contributed by atoms with Crippen LogP contribution in [0.25, 0.3) is 22.0 Å². The maximum Gasteiger partial charge on any atom is 0.273 e. The van der Waals surface area contributed by atoms with E-state index in [-0.39, 0.29) is 28.9 Å². The van der Waals surface area contributed by atoms with E-state index >= 15 is 0 Å². The normalized spacial score (nSPS) is 13.3. The number of nitrogens with two attached hydrogens (primary N) is 1. The van der Waals surface area contributed by atoms with Gasteiger partial charge in [-0.1, -0.05) is 36.4 Å². The standard InChI is InChI=1S/C28H28FN5O/c1-28(2,3)31-14-18-8-10-21(29)13-22(18)17-9-11-24-23(12-17)25(33-27(30)32-24)26(35)34-15-19-6-4-5-7-20(19)16-34/h4-13,31H,14-16H2,1-3H3,(H2,30,32,33). The molecule has 6 nitrogen and oxygen atoms in total. The lowest BCUT2D eigenvalue weighted by Crippen LogP contribution is -2.35. The number of nitrogens with one attached hydrogen (secondary N) is 1. The first kappa shape index (κ1) is 22.9. The zero-order valence-electron chi connectivity index (χ0n) is 20.1. The highest BCUT2D eigenvalue weighted by molar-refractivity contribution is 6.06. The molecule has 1 aromatic heterocycles. The quantitative estimate of drug-likeness (QED) is 0.436. The summed E-state index contributed by atoms with van der Waals surface area (Å²) in [5.41, 5.74) is 11.5. The number of aromatic nitrogens is 2. The molecule has 1 amide bonds. The van der Waals surface area contributed by atoms with Crippen LogP contribution in [-0.2, 0) is 19.6 Å². The van der Waals surface area contributed by atoms with Gasteiger partial charge >= 0.3 is 0 Å². The van der Waals surface area contributed by atoms with E-state index in [1.165, 1.54) is 12.1 Å². The Bertz CT molecular complexity index is 1420. The fourth-order valence-electron chi connectivity index (χ4n) is 4.44. The number of nitrogens with zero attached hydrogens (tertiary/aromatic N) is 3. The third kappa shape index (κ3) is 4.72. The number of hydrogen-bond acceptors (Lipinski definition) is 5. The van der Waals surface area contributed by atoms with Crippen molar-refractivity contribution in [1.82, 2.24) is 20.2 Å². The van der Waals surface area contributed by atoms with Gasteiger partial charge in [0.1, 0.15) is 11.5 Å². The molecule has 0 unspecified atom stereocenters. The van der Waals surface area contributed by atoms with Gasteiger partial charge in [0.15, 0.2) is 0 Å². The maximum absolute atomic E-state index is 14.3. The smallest absolute Gasteiger partial charge is 0.273 e. The van der Waals surface area contributed by atoms with Crippen molar-refractivity contribution in [3.63, 3.8) is 0 Å². The lowest BCUT2D eigenvalue weighted by molar-refractivity contribution is 0.0747. The molecule has 0 fully saturated rings. The molecule has 0 atom stereocenters. The SMILES string of the molecule is CC(C)(C)NCc1ccc(F)cc1-c1ccc2nc(N)nc(C(=O)N3Cc4ccccc4C3)c2c1. The van der Waals surface area contributed by atoms with Crippen molar-refractivity contribution in [3.8, 4) is 11.1 Å². The molecule has 0 saturated carbocycles. The number of hydrogen-bond donors (Lipinski definition) is 2. The molecule has 0 spiro atoms. The fraction of sp³-hybridized carbons (Fsp3) is 0.250. The minimum absolute atomic E-state index is 0.0473. The van der Waals surface area contributed by atoms with Crippen LogP contribution in [0, 0.1) is 5.82 Å². The average Bonchev–Trinajstić information content (AvgIpc) is 3.26. The number of benzene rings is 3. The van der Waals surface area contributed by atoms with E-state index < -0.39 is 0 Å². The molecular formula is C28H28FN5O. The van der Waals surface area contributed by atoms with Gasteiger partial charge in [-0.05, 0) is 72.9 Å². The van der Waals surface area contributed by atoms with Crippen molar-refractivity contribution < 1.29 is 9.18 Å². The molecule has 1 aliphatic heterocycles. The second-order valence-corrected chi connectivity index (χ2v) is 10.00. The van der Waals surface area contributed by atoms with E-state index in [0.29, 0.717) is 30.5 Å². The van der Waals surface area contributed by atoms with Crippen LogP contribution in [0.1, 0.15) is 48.0 Å². The summed E-state index contributed by atoms with van der Waals surface area (Å²) < 4.78 is 14.3. The summed E-state index contributed by atoms with van der Waals surface area (Å²) in [6.45, 7) is 7.87. The monoisotopic (exact) mass is 469 g/mol. The molecule has 5 rings (SSSR count). The Labute approximate surface area is 204 Å². The van der Waals surface area contributed by atoms with Crippen LogP contribution >= 0.6 is 0 Å². The fourth-order valence-corrected chi connectivity index (χ4v) is 4.44. The highest BCUT2D eigenvalue weighted by Crippen LogP contribution is 2.31. The lowest BCUT2D eigenvalue weighted by Gasteiger charge is -2.22. The van der Waals surface area contributed by atoms with E-state index in [1.54, 1.807) is 11.0 Å². The molecule has 35 heavy (non-hydrogen) atoms. The maximum atomic E-state index is 14.3. The Hall–Kier alpha value is -3.84. The molecule has 2 heterocycles. The Morgan fingerprint density at radius 1 is 1.03 bits per heavy atom. The zero-order chi connectivity index (χ0) is 24.7. The van der Waals surface area contributed by atoms with Gasteiger partial charge in [0.05, 0.1) is 5.52 Å².